The Hall–Kier alpha value is -0.593. The van der Waals surface area contributed by atoms with E-state index in [1.165, 1.54) is 0 Å². The number of rotatable bonds is 5. The fraction of sp³-hybridized carbons (Fsp3) is 0.824. The lowest BCUT2D eigenvalue weighted by Gasteiger charge is -2.45. The third-order valence-corrected chi connectivity index (χ3v) is 10.9. The first-order chi connectivity index (χ1) is 9.21. The molecule has 0 aromatic carbocycles. The molecule has 2 nitrogen and oxygen atoms in total. The third-order valence-electron chi connectivity index (χ3n) is 4.74. The monoisotopic (exact) mass is 294 g/mol. The lowest BCUT2D eigenvalue weighted by Crippen LogP contribution is -2.51. The second-order valence-electron chi connectivity index (χ2n) is 7.08. The highest BCUT2D eigenvalue weighted by atomic mass is 28.4. The van der Waals surface area contributed by atoms with Gasteiger partial charge in [-0.1, -0.05) is 54.4 Å². The van der Waals surface area contributed by atoms with Gasteiger partial charge in [-0.05, 0) is 28.5 Å². The van der Waals surface area contributed by atoms with Gasteiger partial charge in [0, 0.05) is 12.8 Å². The van der Waals surface area contributed by atoms with Crippen LogP contribution in [0.15, 0.2) is 0 Å². The molecule has 0 fully saturated rings. The van der Waals surface area contributed by atoms with Gasteiger partial charge in [0.05, 0.1) is 6.10 Å². The molecule has 3 heteroatoms. The molecule has 0 aromatic heterocycles. The Morgan fingerprint density at radius 2 is 1.60 bits per heavy atom. The van der Waals surface area contributed by atoms with Crippen molar-refractivity contribution in [1.82, 2.24) is 0 Å². The molecule has 0 aromatic rings. The minimum atomic E-state index is -1.92. The van der Waals surface area contributed by atoms with Crippen LogP contribution in [0.1, 0.15) is 61.3 Å². The minimum absolute atomic E-state index is 0.0314. The lowest BCUT2D eigenvalue weighted by atomic mass is 10.00. The van der Waals surface area contributed by atoms with Gasteiger partial charge in [-0.2, -0.15) is 0 Å². The van der Waals surface area contributed by atoms with Crippen LogP contribution in [-0.2, 0) is 9.22 Å². The van der Waals surface area contributed by atoms with Gasteiger partial charge in [0.2, 0.25) is 14.1 Å². The molecule has 0 aliphatic heterocycles. The maximum Gasteiger partial charge on any atom is 0.207 e. The summed E-state index contributed by atoms with van der Waals surface area (Å²) < 4.78 is 6.76. The van der Waals surface area contributed by atoms with Crippen LogP contribution in [-0.4, -0.2) is 20.2 Å². The van der Waals surface area contributed by atoms with Crippen LogP contribution in [0.3, 0.4) is 0 Å². The van der Waals surface area contributed by atoms with Gasteiger partial charge in [-0.15, -0.1) is 0 Å². The Bertz CT molecular complexity index is 379. The van der Waals surface area contributed by atoms with Crippen molar-refractivity contribution in [2.45, 2.75) is 84.0 Å². The fourth-order valence-electron chi connectivity index (χ4n) is 3.71. The predicted molar refractivity (Wildman–Crippen MR) is 87.1 cm³/mol. The van der Waals surface area contributed by atoms with E-state index in [1.807, 2.05) is 0 Å². The Kier molecular flexibility index (Phi) is 6.03. The van der Waals surface area contributed by atoms with E-state index in [9.17, 15) is 4.79 Å². The number of carbonyl (C=O) groups is 1. The van der Waals surface area contributed by atoms with E-state index >= 15 is 0 Å². The zero-order chi connectivity index (χ0) is 15.5. The summed E-state index contributed by atoms with van der Waals surface area (Å²) in [5.41, 5.74) is 1.65. The zero-order valence-corrected chi connectivity index (χ0v) is 15.1. The predicted octanol–water partition coefficient (Wildman–Crippen LogP) is 4.55. The van der Waals surface area contributed by atoms with Crippen LogP contribution >= 0.6 is 0 Å². The normalized spacial score (nSPS) is 24.0. The summed E-state index contributed by atoms with van der Waals surface area (Å²) in [7, 11) is -1.92. The fourth-order valence-corrected chi connectivity index (χ4v) is 9.36. The van der Waals surface area contributed by atoms with E-state index in [0.29, 0.717) is 29.0 Å². The van der Waals surface area contributed by atoms with Crippen LogP contribution in [0.2, 0.25) is 16.6 Å². The molecule has 0 heterocycles. The van der Waals surface area contributed by atoms with Gasteiger partial charge in [-0.25, -0.2) is 0 Å². The number of ketones is 1. The summed E-state index contributed by atoms with van der Waals surface area (Å²) in [5, 5.41) is 0. The number of Topliss-reactive ketones (excluding diaryl/α,β-unsaturated/α-hetero) is 1. The molecule has 0 amide bonds. The molecule has 1 rings (SSSR count). The first-order valence-electron chi connectivity index (χ1n) is 7.91. The van der Waals surface area contributed by atoms with E-state index in [0.717, 1.165) is 6.42 Å². The van der Waals surface area contributed by atoms with Crippen molar-refractivity contribution in [2.75, 3.05) is 0 Å². The Balaban J connectivity index is 3.03. The van der Waals surface area contributed by atoms with E-state index < -0.39 is 8.32 Å². The number of hydrogen-bond donors (Lipinski definition) is 0. The second-order valence-corrected chi connectivity index (χ2v) is 12.5. The Morgan fingerprint density at radius 1 is 1.10 bits per heavy atom. The lowest BCUT2D eigenvalue weighted by molar-refractivity contribution is -0.115. The van der Waals surface area contributed by atoms with Crippen molar-refractivity contribution >= 4 is 14.1 Å². The van der Waals surface area contributed by atoms with Crippen LogP contribution in [0.4, 0.5) is 0 Å². The first-order valence-corrected chi connectivity index (χ1v) is 10.0. The van der Waals surface area contributed by atoms with E-state index in [4.69, 9.17) is 4.43 Å². The second kappa shape index (κ2) is 6.91. The van der Waals surface area contributed by atoms with Gasteiger partial charge in [-0.3, -0.25) is 4.79 Å². The van der Waals surface area contributed by atoms with Crippen LogP contribution in [0.5, 0.6) is 0 Å². The average molecular weight is 295 g/mol. The molecule has 20 heavy (non-hydrogen) atoms. The SMILES string of the molecule is CC(C)[Si](O[C@H]1CC(=O)C#CC[C@H]1C)(C(C)C)C(C)C. The number of carbonyl (C=O) groups excluding carboxylic acids is 1. The van der Waals surface area contributed by atoms with Crippen molar-refractivity contribution in [2.24, 2.45) is 5.92 Å². The maximum absolute atomic E-state index is 11.8. The highest BCUT2D eigenvalue weighted by Crippen LogP contribution is 2.44. The summed E-state index contributed by atoms with van der Waals surface area (Å²) in [6.07, 6.45) is 1.27. The first kappa shape index (κ1) is 17.5. The molecule has 0 unspecified atom stereocenters. The molecule has 1 aliphatic carbocycles. The summed E-state index contributed by atoms with van der Waals surface area (Å²) in [6, 6.07) is 0. The topological polar surface area (TPSA) is 26.3 Å². The molecule has 0 saturated heterocycles. The molecule has 0 N–H and O–H groups in total. The van der Waals surface area contributed by atoms with Gasteiger partial charge in [0.25, 0.3) is 0 Å². The molecular weight excluding hydrogens is 264 g/mol. The Morgan fingerprint density at radius 3 is 2.05 bits per heavy atom. The van der Waals surface area contributed by atoms with Crippen LogP contribution in [0, 0.1) is 17.8 Å². The van der Waals surface area contributed by atoms with Crippen molar-refractivity contribution in [3.05, 3.63) is 0 Å². The highest BCUT2D eigenvalue weighted by Gasteiger charge is 2.47. The van der Waals surface area contributed by atoms with E-state index in [1.54, 1.807) is 0 Å². The van der Waals surface area contributed by atoms with Crippen LogP contribution < -0.4 is 0 Å². The van der Waals surface area contributed by atoms with Gasteiger partial charge in [0.15, 0.2) is 0 Å². The summed E-state index contributed by atoms with van der Waals surface area (Å²) in [4.78, 5) is 11.8. The summed E-state index contributed by atoms with van der Waals surface area (Å²) in [6.45, 7) is 15.9. The average Bonchev–Trinajstić information content (AvgIpc) is 2.46. The molecule has 0 bridgehead atoms. The molecule has 0 saturated carbocycles. The van der Waals surface area contributed by atoms with Gasteiger partial charge >= 0.3 is 0 Å². The summed E-state index contributed by atoms with van der Waals surface area (Å²) >= 11 is 0. The van der Waals surface area contributed by atoms with Crippen LogP contribution in [0.25, 0.3) is 0 Å². The quantitative estimate of drug-likeness (QED) is 0.422. The zero-order valence-electron chi connectivity index (χ0n) is 14.1. The molecule has 1 aliphatic rings. The molecular formula is C17H30O2Si. The van der Waals surface area contributed by atoms with Crippen molar-refractivity contribution in [3.8, 4) is 11.8 Å². The van der Waals surface area contributed by atoms with Crippen molar-refractivity contribution in [1.29, 1.82) is 0 Å². The van der Waals surface area contributed by atoms with Crippen molar-refractivity contribution in [3.63, 3.8) is 0 Å². The largest absolute Gasteiger partial charge is 0.412 e. The third kappa shape index (κ3) is 3.54. The maximum atomic E-state index is 11.8. The smallest absolute Gasteiger partial charge is 0.207 e. The molecule has 2 atom stereocenters. The minimum Gasteiger partial charge on any atom is -0.412 e. The molecule has 0 radical (unpaired) electrons. The standard InChI is InChI=1S/C17H30O2Si/c1-12(2)20(13(3)4,14(5)6)19-17-11-16(18)10-8-9-15(17)7/h12-15,17H,9,11H2,1-7H3/t15-,17+/m1/s1. The van der Waals surface area contributed by atoms with E-state index in [2.05, 4.69) is 60.3 Å². The molecule has 0 spiro atoms. The van der Waals surface area contributed by atoms with Crippen molar-refractivity contribution < 1.29 is 9.22 Å². The van der Waals surface area contributed by atoms with E-state index in [-0.39, 0.29) is 11.9 Å². The molecule has 114 valence electrons. The number of hydrogen-bond acceptors (Lipinski definition) is 2. The Labute approximate surface area is 125 Å². The summed E-state index contributed by atoms with van der Waals surface area (Å²) in [5.74, 6) is 6.10. The van der Waals surface area contributed by atoms with Gasteiger partial charge < -0.3 is 4.43 Å². The van der Waals surface area contributed by atoms with Gasteiger partial charge in [0.1, 0.15) is 0 Å². The highest BCUT2D eigenvalue weighted by molar-refractivity contribution is 6.77.